The van der Waals surface area contributed by atoms with Crippen molar-refractivity contribution in [3.8, 4) is 0 Å². The van der Waals surface area contributed by atoms with Crippen molar-refractivity contribution < 1.29 is 4.79 Å². The standard InChI is InChI=1S/C15H28N2O/c1-5-11(4)17-14(12-8-6-7-9-12)16-13(10(2)3)15(17)18/h10-14,16H,5-9H2,1-4H3. The van der Waals surface area contributed by atoms with Gasteiger partial charge in [-0.25, -0.2) is 0 Å². The van der Waals surface area contributed by atoms with Gasteiger partial charge in [-0.1, -0.05) is 33.6 Å². The molecule has 1 N–H and O–H groups in total. The first-order valence-corrected chi connectivity index (χ1v) is 7.64. The lowest BCUT2D eigenvalue weighted by Crippen LogP contribution is -2.46. The van der Waals surface area contributed by atoms with Gasteiger partial charge in [0, 0.05) is 6.04 Å². The summed E-state index contributed by atoms with van der Waals surface area (Å²) in [4.78, 5) is 14.7. The Hall–Kier alpha value is -0.570. The van der Waals surface area contributed by atoms with Gasteiger partial charge in [0.2, 0.25) is 5.91 Å². The van der Waals surface area contributed by atoms with Gasteiger partial charge in [-0.15, -0.1) is 0 Å². The van der Waals surface area contributed by atoms with Crippen molar-refractivity contribution in [3.63, 3.8) is 0 Å². The summed E-state index contributed by atoms with van der Waals surface area (Å²) in [6.07, 6.45) is 6.56. The van der Waals surface area contributed by atoms with Gasteiger partial charge in [0.1, 0.15) is 0 Å². The number of nitrogens with zero attached hydrogens (tertiary/aromatic N) is 1. The number of nitrogens with one attached hydrogen (secondary N) is 1. The number of hydrogen-bond acceptors (Lipinski definition) is 2. The Morgan fingerprint density at radius 2 is 1.89 bits per heavy atom. The topological polar surface area (TPSA) is 32.3 Å². The first-order chi connectivity index (χ1) is 8.56. The zero-order chi connectivity index (χ0) is 13.3. The van der Waals surface area contributed by atoms with Crippen LogP contribution in [0, 0.1) is 11.8 Å². The molecule has 1 aliphatic carbocycles. The van der Waals surface area contributed by atoms with E-state index in [1.165, 1.54) is 25.7 Å². The fourth-order valence-corrected chi connectivity index (χ4v) is 3.44. The van der Waals surface area contributed by atoms with Gasteiger partial charge in [-0.05, 0) is 38.0 Å². The van der Waals surface area contributed by atoms with Gasteiger partial charge in [0.25, 0.3) is 0 Å². The minimum atomic E-state index is 0.0320. The molecule has 3 heteroatoms. The van der Waals surface area contributed by atoms with Gasteiger partial charge in [0.15, 0.2) is 0 Å². The van der Waals surface area contributed by atoms with Gasteiger partial charge in [-0.2, -0.15) is 0 Å². The second kappa shape index (κ2) is 5.60. The summed E-state index contributed by atoms with van der Waals surface area (Å²) >= 11 is 0. The normalized spacial score (nSPS) is 31.6. The van der Waals surface area contributed by atoms with Crippen molar-refractivity contribution in [3.05, 3.63) is 0 Å². The smallest absolute Gasteiger partial charge is 0.241 e. The molecule has 1 aliphatic heterocycles. The molecule has 1 saturated heterocycles. The third kappa shape index (κ3) is 2.42. The Morgan fingerprint density at radius 1 is 1.28 bits per heavy atom. The fourth-order valence-electron chi connectivity index (χ4n) is 3.44. The first-order valence-electron chi connectivity index (χ1n) is 7.64. The number of carbonyl (C=O) groups excluding carboxylic acids is 1. The molecule has 0 spiro atoms. The summed E-state index contributed by atoms with van der Waals surface area (Å²) in [6, 6.07) is 0.393. The van der Waals surface area contributed by atoms with Crippen molar-refractivity contribution in [2.75, 3.05) is 0 Å². The van der Waals surface area contributed by atoms with Crippen molar-refractivity contribution in [2.45, 2.75) is 78.0 Å². The Bertz CT molecular complexity index is 297. The number of carbonyl (C=O) groups is 1. The molecule has 0 aromatic rings. The highest BCUT2D eigenvalue weighted by atomic mass is 16.2. The predicted molar refractivity (Wildman–Crippen MR) is 74.1 cm³/mol. The molecule has 104 valence electrons. The monoisotopic (exact) mass is 252 g/mol. The van der Waals surface area contributed by atoms with Crippen LogP contribution in [-0.2, 0) is 4.79 Å². The summed E-state index contributed by atoms with van der Waals surface area (Å²) in [6.45, 7) is 8.64. The molecule has 2 rings (SSSR count). The van der Waals surface area contributed by atoms with Crippen molar-refractivity contribution >= 4 is 5.91 Å². The highest BCUT2D eigenvalue weighted by Gasteiger charge is 2.45. The summed E-state index contributed by atoms with van der Waals surface area (Å²) in [5.74, 6) is 1.39. The molecule has 2 fully saturated rings. The van der Waals surface area contributed by atoms with E-state index < -0.39 is 0 Å². The maximum Gasteiger partial charge on any atom is 0.241 e. The lowest BCUT2D eigenvalue weighted by atomic mass is 10.0. The quantitative estimate of drug-likeness (QED) is 0.834. The van der Waals surface area contributed by atoms with Crippen molar-refractivity contribution in [2.24, 2.45) is 11.8 Å². The SMILES string of the molecule is CCC(C)N1C(=O)C(C(C)C)NC1C1CCCC1. The molecular formula is C15H28N2O. The van der Waals surface area contributed by atoms with E-state index in [4.69, 9.17) is 0 Å². The highest BCUT2D eigenvalue weighted by molar-refractivity contribution is 5.85. The first kappa shape index (κ1) is 13.9. The summed E-state index contributed by atoms with van der Waals surface area (Å²) in [5, 5.41) is 3.62. The average molecular weight is 252 g/mol. The maximum atomic E-state index is 12.6. The molecule has 1 amide bonds. The molecule has 3 atom stereocenters. The van der Waals surface area contributed by atoms with E-state index >= 15 is 0 Å². The van der Waals surface area contributed by atoms with E-state index in [0.717, 1.165) is 6.42 Å². The Balaban J connectivity index is 2.17. The molecule has 0 radical (unpaired) electrons. The van der Waals surface area contributed by atoms with Crippen LogP contribution < -0.4 is 5.32 Å². The van der Waals surface area contributed by atoms with Crippen molar-refractivity contribution in [1.82, 2.24) is 10.2 Å². The van der Waals surface area contributed by atoms with E-state index in [9.17, 15) is 4.79 Å². The van der Waals surface area contributed by atoms with E-state index in [-0.39, 0.29) is 6.04 Å². The minimum absolute atomic E-state index is 0.0320. The third-order valence-corrected chi connectivity index (χ3v) is 4.75. The molecule has 18 heavy (non-hydrogen) atoms. The van der Waals surface area contributed by atoms with Gasteiger partial charge < -0.3 is 4.90 Å². The zero-order valence-electron chi connectivity index (χ0n) is 12.3. The van der Waals surface area contributed by atoms with Gasteiger partial charge >= 0.3 is 0 Å². The highest BCUT2D eigenvalue weighted by Crippen LogP contribution is 2.34. The number of rotatable bonds is 4. The molecule has 0 aromatic heterocycles. The van der Waals surface area contributed by atoms with Crippen molar-refractivity contribution in [1.29, 1.82) is 0 Å². The molecule has 0 bridgehead atoms. The van der Waals surface area contributed by atoms with Gasteiger partial charge in [0.05, 0.1) is 12.2 Å². The van der Waals surface area contributed by atoms with Crippen LogP contribution in [0.15, 0.2) is 0 Å². The Kier molecular flexibility index (Phi) is 4.31. The van der Waals surface area contributed by atoms with Crippen LogP contribution >= 0.6 is 0 Å². The predicted octanol–water partition coefficient (Wildman–Crippen LogP) is 2.76. The van der Waals surface area contributed by atoms with Crippen LogP contribution in [-0.4, -0.2) is 29.1 Å². The summed E-state index contributed by atoms with van der Waals surface area (Å²) in [5.41, 5.74) is 0. The number of hydrogen-bond donors (Lipinski definition) is 1. The molecule has 0 aromatic carbocycles. The number of amides is 1. The van der Waals surface area contributed by atoms with Crippen LogP contribution in [0.1, 0.15) is 59.8 Å². The minimum Gasteiger partial charge on any atom is -0.323 e. The molecule has 2 aliphatic rings. The molecule has 3 nitrogen and oxygen atoms in total. The van der Waals surface area contributed by atoms with Crippen LogP contribution in [0.5, 0.6) is 0 Å². The fraction of sp³-hybridized carbons (Fsp3) is 0.933. The van der Waals surface area contributed by atoms with Crippen LogP contribution in [0.4, 0.5) is 0 Å². The molecule has 1 heterocycles. The summed E-state index contributed by atoms with van der Waals surface area (Å²) < 4.78 is 0. The van der Waals surface area contributed by atoms with E-state index in [1.807, 2.05) is 0 Å². The molecule has 3 unspecified atom stereocenters. The lowest BCUT2D eigenvalue weighted by molar-refractivity contribution is -0.133. The third-order valence-electron chi connectivity index (χ3n) is 4.75. The van der Waals surface area contributed by atoms with E-state index in [2.05, 4.69) is 37.9 Å². The zero-order valence-corrected chi connectivity index (χ0v) is 12.3. The maximum absolute atomic E-state index is 12.6. The second-order valence-electron chi connectivity index (χ2n) is 6.38. The average Bonchev–Trinajstić information content (AvgIpc) is 2.94. The van der Waals surface area contributed by atoms with Crippen LogP contribution in [0.3, 0.4) is 0 Å². The Morgan fingerprint density at radius 3 is 2.39 bits per heavy atom. The van der Waals surface area contributed by atoms with Crippen LogP contribution in [0.25, 0.3) is 0 Å². The van der Waals surface area contributed by atoms with Crippen LogP contribution in [0.2, 0.25) is 0 Å². The largest absolute Gasteiger partial charge is 0.323 e. The van der Waals surface area contributed by atoms with Gasteiger partial charge in [-0.3, -0.25) is 10.1 Å². The molecular weight excluding hydrogens is 224 g/mol. The Labute approximate surface area is 111 Å². The van der Waals surface area contributed by atoms with E-state index in [1.54, 1.807) is 0 Å². The lowest BCUT2D eigenvalue weighted by Gasteiger charge is -2.33. The van der Waals surface area contributed by atoms with E-state index in [0.29, 0.717) is 30.0 Å². The second-order valence-corrected chi connectivity index (χ2v) is 6.38. The summed E-state index contributed by atoms with van der Waals surface area (Å²) in [7, 11) is 0. The molecule has 1 saturated carbocycles.